The maximum Gasteiger partial charge on any atom is 0.244 e. The van der Waals surface area contributed by atoms with Crippen molar-refractivity contribution in [2.75, 3.05) is 39.2 Å². The number of pyridine rings is 1. The molecule has 0 bridgehead atoms. The fourth-order valence-corrected chi connectivity index (χ4v) is 3.70. The zero-order chi connectivity index (χ0) is 15.5. The molecule has 2 rings (SSSR count). The summed E-state index contributed by atoms with van der Waals surface area (Å²) in [7, 11) is 0.232. The molecule has 21 heavy (non-hydrogen) atoms. The Labute approximate surface area is 126 Å². The summed E-state index contributed by atoms with van der Waals surface area (Å²) in [4.78, 5) is 6.42. The summed E-state index contributed by atoms with van der Waals surface area (Å²) in [6.45, 7) is 2.60. The minimum Gasteiger partial charge on any atom is -0.308 e. The molecule has 1 aromatic rings. The number of aromatic nitrogens is 1. The molecule has 1 aliphatic heterocycles. The van der Waals surface area contributed by atoms with Gasteiger partial charge in [-0.05, 0) is 51.0 Å². The van der Waals surface area contributed by atoms with Crippen molar-refractivity contribution in [1.29, 1.82) is 0 Å². The lowest BCUT2D eigenvalue weighted by molar-refractivity contribution is 0.202. The lowest BCUT2D eigenvalue weighted by Gasteiger charge is -2.31. The second-order valence-electron chi connectivity index (χ2n) is 5.56. The zero-order valence-electron chi connectivity index (χ0n) is 12.5. The first-order valence-corrected chi connectivity index (χ1v) is 8.45. The number of likely N-dealkylation sites (tertiary alicyclic amines) is 1. The highest BCUT2D eigenvalue weighted by molar-refractivity contribution is 7.89. The largest absolute Gasteiger partial charge is 0.308 e. The van der Waals surface area contributed by atoms with Crippen LogP contribution in [0, 0.1) is 5.92 Å². The summed E-state index contributed by atoms with van der Waals surface area (Å²) >= 11 is 0. The zero-order valence-corrected chi connectivity index (χ0v) is 13.3. The van der Waals surface area contributed by atoms with Gasteiger partial charge in [0, 0.05) is 19.8 Å². The van der Waals surface area contributed by atoms with Crippen LogP contribution in [0.4, 0.5) is 5.82 Å². The van der Waals surface area contributed by atoms with Gasteiger partial charge in [0.2, 0.25) is 10.0 Å². The molecule has 1 saturated heterocycles. The Balaban J connectivity index is 2.03. The fraction of sp³-hybridized carbons (Fsp3) is 0.615. The van der Waals surface area contributed by atoms with Crippen LogP contribution in [0.3, 0.4) is 0 Å². The van der Waals surface area contributed by atoms with Crippen LogP contribution in [0.2, 0.25) is 0 Å². The van der Waals surface area contributed by atoms with Crippen molar-refractivity contribution in [3.8, 4) is 0 Å². The molecule has 0 aromatic carbocycles. The summed E-state index contributed by atoms with van der Waals surface area (Å²) in [6, 6.07) is 3.07. The number of nitrogens with two attached hydrogens (primary N) is 1. The maximum atomic E-state index is 12.5. The SMILES string of the molecule is CN1CCC(CN(C)S(=O)(=O)c2ccc(NN)nc2)CC1. The Hall–Kier alpha value is -1.22. The Morgan fingerprint density at radius 3 is 2.62 bits per heavy atom. The van der Waals surface area contributed by atoms with Crippen molar-refractivity contribution in [1.82, 2.24) is 14.2 Å². The van der Waals surface area contributed by atoms with E-state index >= 15 is 0 Å². The smallest absolute Gasteiger partial charge is 0.244 e. The molecule has 0 atom stereocenters. The first kappa shape index (κ1) is 16.2. The summed E-state index contributed by atoms with van der Waals surface area (Å²) in [5.74, 6) is 6.08. The standard InChI is InChI=1S/C13H23N5O2S/c1-17-7-5-11(6-8-17)10-18(2)21(19,20)12-3-4-13(16-14)15-9-12/h3-4,9,11H,5-8,10,14H2,1-2H3,(H,15,16). The summed E-state index contributed by atoms with van der Waals surface area (Å²) < 4.78 is 26.4. The van der Waals surface area contributed by atoms with Gasteiger partial charge in [-0.2, -0.15) is 0 Å². The summed E-state index contributed by atoms with van der Waals surface area (Å²) in [5, 5.41) is 0. The van der Waals surface area contributed by atoms with Crippen LogP contribution < -0.4 is 11.3 Å². The minimum absolute atomic E-state index is 0.192. The van der Waals surface area contributed by atoms with Gasteiger partial charge in [-0.3, -0.25) is 0 Å². The molecule has 8 heteroatoms. The van der Waals surface area contributed by atoms with E-state index in [0.29, 0.717) is 18.3 Å². The van der Waals surface area contributed by atoms with Crippen LogP contribution >= 0.6 is 0 Å². The van der Waals surface area contributed by atoms with Crippen molar-refractivity contribution in [3.63, 3.8) is 0 Å². The molecule has 1 aromatic heterocycles. The summed E-state index contributed by atoms with van der Waals surface area (Å²) in [5.41, 5.74) is 2.38. The number of hydrogen-bond acceptors (Lipinski definition) is 6. The highest BCUT2D eigenvalue weighted by Gasteiger charge is 2.25. The topological polar surface area (TPSA) is 91.6 Å². The van der Waals surface area contributed by atoms with Crippen molar-refractivity contribution >= 4 is 15.8 Å². The third kappa shape index (κ3) is 3.91. The van der Waals surface area contributed by atoms with Crippen molar-refractivity contribution in [2.45, 2.75) is 17.7 Å². The monoisotopic (exact) mass is 313 g/mol. The van der Waals surface area contributed by atoms with Gasteiger partial charge < -0.3 is 10.3 Å². The van der Waals surface area contributed by atoms with Gasteiger partial charge in [0.25, 0.3) is 0 Å². The van der Waals surface area contributed by atoms with E-state index in [2.05, 4.69) is 22.4 Å². The third-order valence-electron chi connectivity index (χ3n) is 3.95. The van der Waals surface area contributed by atoms with Crippen LogP contribution in [0.15, 0.2) is 23.2 Å². The molecule has 0 spiro atoms. The van der Waals surface area contributed by atoms with Gasteiger partial charge in [-0.1, -0.05) is 0 Å². The van der Waals surface area contributed by atoms with Crippen LogP contribution in [-0.2, 0) is 10.0 Å². The van der Waals surface area contributed by atoms with Gasteiger partial charge >= 0.3 is 0 Å². The molecule has 2 heterocycles. The maximum absolute atomic E-state index is 12.5. The average Bonchev–Trinajstić information content (AvgIpc) is 2.49. The van der Waals surface area contributed by atoms with Gasteiger partial charge in [-0.15, -0.1) is 0 Å². The lowest BCUT2D eigenvalue weighted by Crippen LogP contribution is -2.38. The molecular weight excluding hydrogens is 290 g/mol. The molecule has 1 aliphatic rings. The lowest BCUT2D eigenvalue weighted by atomic mass is 9.97. The van der Waals surface area contributed by atoms with Gasteiger partial charge in [-0.25, -0.2) is 23.5 Å². The molecule has 0 saturated carbocycles. The van der Waals surface area contributed by atoms with Crippen LogP contribution in [-0.4, -0.2) is 56.3 Å². The van der Waals surface area contributed by atoms with E-state index in [1.165, 1.54) is 16.6 Å². The molecule has 0 radical (unpaired) electrons. The molecule has 0 aliphatic carbocycles. The van der Waals surface area contributed by atoms with E-state index < -0.39 is 10.0 Å². The van der Waals surface area contributed by atoms with E-state index in [-0.39, 0.29) is 4.90 Å². The predicted molar refractivity (Wildman–Crippen MR) is 82.1 cm³/mol. The predicted octanol–water partition coefficient (Wildman–Crippen LogP) is 0.330. The van der Waals surface area contributed by atoms with E-state index in [0.717, 1.165) is 25.9 Å². The van der Waals surface area contributed by atoms with Crippen molar-refractivity contribution in [3.05, 3.63) is 18.3 Å². The number of nitrogens with one attached hydrogen (secondary N) is 1. The number of hydrazine groups is 1. The number of anilines is 1. The van der Waals surface area contributed by atoms with Crippen molar-refractivity contribution < 1.29 is 8.42 Å². The normalized spacial score (nSPS) is 18.1. The van der Waals surface area contributed by atoms with Crippen LogP contribution in [0.5, 0.6) is 0 Å². The van der Waals surface area contributed by atoms with E-state index in [1.54, 1.807) is 13.1 Å². The third-order valence-corrected chi connectivity index (χ3v) is 5.75. The quantitative estimate of drug-likeness (QED) is 0.601. The highest BCUT2D eigenvalue weighted by Crippen LogP contribution is 2.21. The Morgan fingerprint density at radius 1 is 1.43 bits per heavy atom. The Morgan fingerprint density at radius 2 is 2.10 bits per heavy atom. The number of hydrogen-bond donors (Lipinski definition) is 2. The van der Waals surface area contributed by atoms with Gasteiger partial charge in [0.05, 0.1) is 0 Å². The van der Waals surface area contributed by atoms with E-state index in [4.69, 9.17) is 5.84 Å². The second kappa shape index (κ2) is 6.69. The molecular formula is C13H23N5O2S. The van der Waals surface area contributed by atoms with Crippen LogP contribution in [0.25, 0.3) is 0 Å². The first-order chi connectivity index (χ1) is 9.93. The average molecular weight is 313 g/mol. The van der Waals surface area contributed by atoms with Crippen LogP contribution in [0.1, 0.15) is 12.8 Å². The van der Waals surface area contributed by atoms with Crippen molar-refractivity contribution in [2.24, 2.45) is 11.8 Å². The van der Waals surface area contributed by atoms with E-state index in [1.807, 2.05) is 0 Å². The Kier molecular flexibility index (Phi) is 5.15. The molecule has 0 amide bonds. The molecule has 7 nitrogen and oxygen atoms in total. The van der Waals surface area contributed by atoms with Gasteiger partial charge in [0.1, 0.15) is 10.7 Å². The highest BCUT2D eigenvalue weighted by atomic mass is 32.2. The van der Waals surface area contributed by atoms with E-state index in [9.17, 15) is 8.42 Å². The second-order valence-corrected chi connectivity index (χ2v) is 7.60. The van der Waals surface area contributed by atoms with Gasteiger partial charge in [0.15, 0.2) is 0 Å². The Bertz CT molecular complexity index is 552. The molecule has 0 unspecified atom stereocenters. The number of piperidine rings is 1. The molecule has 1 fully saturated rings. The summed E-state index contributed by atoms with van der Waals surface area (Å²) in [6.07, 6.45) is 3.39. The number of sulfonamides is 1. The molecule has 118 valence electrons. The minimum atomic E-state index is -3.49. The first-order valence-electron chi connectivity index (χ1n) is 7.01. The fourth-order valence-electron chi connectivity index (χ4n) is 2.50. The number of nitrogen functional groups attached to an aromatic ring is 1. The molecule has 3 N–H and O–H groups in total. The number of rotatable bonds is 5. The number of nitrogens with zero attached hydrogens (tertiary/aromatic N) is 3.